The highest BCUT2D eigenvalue weighted by molar-refractivity contribution is 6.30. The number of pyridine rings is 1. The number of rotatable bonds is 2. The molecule has 3 rings (SSSR count). The number of fused-ring (bicyclic) bond motifs is 1. The van der Waals surface area contributed by atoms with Crippen molar-refractivity contribution in [3.63, 3.8) is 0 Å². The van der Waals surface area contributed by atoms with Crippen LogP contribution in [0, 0.1) is 0 Å². The summed E-state index contributed by atoms with van der Waals surface area (Å²) in [7, 11) is 0. The van der Waals surface area contributed by atoms with Gasteiger partial charge in [0.2, 0.25) is 0 Å². The summed E-state index contributed by atoms with van der Waals surface area (Å²) in [5, 5.41) is 0.612. The van der Waals surface area contributed by atoms with E-state index in [1.807, 2.05) is 18.2 Å². The van der Waals surface area contributed by atoms with Gasteiger partial charge in [0.25, 0.3) is 0 Å². The van der Waals surface area contributed by atoms with E-state index in [9.17, 15) is 0 Å². The topological polar surface area (TPSA) is 48.1 Å². The fourth-order valence-electron chi connectivity index (χ4n) is 2.22. The van der Waals surface area contributed by atoms with E-state index in [1.54, 1.807) is 12.3 Å². The van der Waals surface area contributed by atoms with Gasteiger partial charge in [-0.3, -0.25) is 4.98 Å². The Hall–Kier alpha value is -1.58. The molecule has 0 bridgehead atoms. The molecule has 0 saturated carbocycles. The minimum absolute atomic E-state index is 0.282. The third-order valence-corrected chi connectivity index (χ3v) is 3.37. The van der Waals surface area contributed by atoms with Crippen LogP contribution in [-0.2, 0) is 6.42 Å². The first-order valence-electron chi connectivity index (χ1n) is 5.87. The molecule has 0 fully saturated rings. The molecule has 3 nitrogen and oxygen atoms in total. The number of nitrogens with two attached hydrogens (primary N) is 1. The summed E-state index contributed by atoms with van der Waals surface area (Å²) in [5.74, 6) is 0.918. The zero-order valence-electron chi connectivity index (χ0n) is 9.77. The number of hydrogen-bond acceptors (Lipinski definition) is 3. The van der Waals surface area contributed by atoms with Gasteiger partial charge in [0, 0.05) is 18.2 Å². The number of aromatic nitrogens is 1. The van der Waals surface area contributed by atoms with Gasteiger partial charge in [0.1, 0.15) is 5.75 Å². The molecule has 1 aromatic carbocycles. The Morgan fingerprint density at radius 1 is 1.28 bits per heavy atom. The Bertz CT molecular complexity index is 569. The summed E-state index contributed by atoms with van der Waals surface area (Å²) in [5.41, 5.74) is 9.25. The molecule has 1 aromatic heterocycles. The van der Waals surface area contributed by atoms with E-state index in [4.69, 9.17) is 22.1 Å². The number of ether oxygens (including phenoxy) is 1. The summed E-state index contributed by atoms with van der Waals surface area (Å²) in [6.07, 6.45) is 2.56. The fourth-order valence-corrected chi connectivity index (χ4v) is 2.33. The van der Waals surface area contributed by atoms with Crippen molar-refractivity contribution in [1.29, 1.82) is 0 Å². The number of para-hydroxylation sites is 1. The van der Waals surface area contributed by atoms with Crippen molar-refractivity contribution in [3.05, 3.63) is 58.4 Å². The van der Waals surface area contributed by atoms with Gasteiger partial charge in [0.15, 0.2) is 0 Å². The second kappa shape index (κ2) is 4.59. The van der Waals surface area contributed by atoms with Crippen LogP contribution in [-0.4, -0.2) is 11.6 Å². The molecule has 0 aliphatic carbocycles. The first kappa shape index (κ1) is 11.5. The summed E-state index contributed by atoms with van der Waals surface area (Å²) in [4.78, 5) is 4.27. The van der Waals surface area contributed by atoms with Gasteiger partial charge in [-0.25, -0.2) is 0 Å². The van der Waals surface area contributed by atoms with Gasteiger partial charge in [-0.05, 0) is 17.7 Å². The van der Waals surface area contributed by atoms with E-state index in [0.717, 1.165) is 30.0 Å². The third-order valence-electron chi connectivity index (χ3n) is 3.15. The van der Waals surface area contributed by atoms with Gasteiger partial charge < -0.3 is 10.5 Å². The van der Waals surface area contributed by atoms with Crippen LogP contribution in [0.15, 0.2) is 36.5 Å². The van der Waals surface area contributed by atoms with E-state index in [0.29, 0.717) is 5.02 Å². The minimum atomic E-state index is -0.282. The predicted octanol–water partition coefficient (Wildman–Crippen LogP) is 2.72. The molecule has 0 radical (unpaired) electrons. The van der Waals surface area contributed by atoms with Gasteiger partial charge in [-0.2, -0.15) is 0 Å². The van der Waals surface area contributed by atoms with Crippen molar-refractivity contribution >= 4 is 11.6 Å². The Morgan fingerprint density at radius 2 is 2.17 bits per heavy atom. The highest BCUT2D eigenvalue weighted by Gasteiger charge is 2.21. The first-order chi connectivity index (χ1) is 8.75. The monoisotopic (exact) mass is 260 g/mol. The SMILES string of the molecule is NC(c1ccc(Cl)cn1)c1cccc2c1OCC2. The standard InChI is InChI=1S/C14H13ClN2O/c15-10-4-5-12(17-8-10)13(16)11-3-1-2-9-6-7-18-14(9)11/h1-5,8,13H,6-7,16H2. The Morgan fingerprint density at radius 3 is 2.94 bits per heavy atom. The van der Waals surface area contributed by atoms with E-state index in [-0.39, 0.29) is 6.04 Å². The molecule has 1 aliphatic rings. The number of halogens is 1. The van der Waals surface area contributed by atoms with Crippen molar-refractivity contribution in [2.24, 2.45) is 5.73 Å². The van der Waals surface area contributed by atoms with Crippen LogP contribution in [0.2, 0.25) is 5.02 Å². The molecule has 0 spiro atoms. The average molecular weight is 261 g/mol. The number of hydrogen-bond donors (Lipinski definition) is 1. The second-order valence-corrected chi connectivity index (χ2v) is 4.75. The molecular formula is C14H13ClN2O. The molecule has 4 heteroatoms. The van der Waals surface area contributed by atoms with Gasteiger partial charge >= 0.3 is 0 Å². The fraction of sp³-hybridized carbons (Fsp3) is 0.214. The lowest BCUT2D eigenvalue weighted by Crippen LogP contribution is -2.14. The van der Waals surface area contributed by atoms with E-state index < -0.39 is 0 Å². The van der Waals surface area contributed by atoms with Crippen molar-refractivity contribution in [3.8, 4) is 5.75 Å². The molecule has 2 N–H and O–H groups in total. The second-order valence-electron chi connectivity index (χ2n) is 4.31. The highest BCUT2D eigenvalue weighted by atomic mass is 35.5. The lowest BCUT2D eigenvalue weighted by molar-refractivity contribution is 0.352. The molecular weight excluding hydrogens is 248 g/mol. The van der Waals surface area contributed by atoms with E-state index in [2.05, 4.69) is 11.1 Å². The van der Waals surface area contributed by atoms with E-state index in [1.165, 1.54) is 5.56 Å². The molecule has 1 unspecified atom stereocenters. The Balaban J connectivity index is 2.00. The third kappa shape index (κ3) is 1.96. The summed E-state index contributed by atoms with van der Waals surface area (Å²) >= 11 is 5.83. The number of benzene rings is 1. The average Bonchev–Trinajstić information content (AvgIpc) is 2.87. The normalized spacial score (nSPS) is 15.0. The van der Waals surface area contributed by atoms with Gasteiger partial charge in [-0.1, -0.05) is 29.8 Å². The summed E-state index contributed by atoms with van der Waals surface area (Å²) < 4.78 is 5.66. The van der Waals surface area contributed by atoms with Gasteiger partial charge in [0.05, 0.1) is 23.4 Å². The van der Waals surface area contributed by atoms with Crippen LogP contribution >= 0.6 is 11.6 Å². The summed E-state index contributed by atoms with van der Waals surface area (Å²) in [6.45, 7) is 0.729. The van der Waals surface area contributed by atoms with Crippen LogP contribution in [0.1, 0.15) is 22.9 Å². The molecule has 0 saturated heterocycles. The maximum Gasteiger partial charge on any atom is 0.127 e. The molecule has 92 valence electrons. The molecule has 2 aromatic rings. The Labute approximate surface area is 111 Å². The maximum absolute atomic E-state index is 6.25. The number of nitrogens with zero attached hydrogens (tertiary/aromatic N) is 1. The predicted molar refractivity (Wildman–Crippen MR) is 70.9 cm³/mol. The van der Waals surface area contributed by atoms with Gasteiger partial charge in [-0.15, -0.1) is 0 Å². The summed E-state index contributed by atoms with van der Waals surface area (Å²) in [6, 6.07) is 9.45. The van der Waals surface area contributed by atoms with Crippen LogP contribution in [0.5, 0.6) is 5.75 Å². The molecule has 0 amide bonds. The molecule has 2 heterocycles. The zero-order valence-corrected chi connectivity index (χ0v) is 10.5. The Kier molecular flexibility index (Phi) is 2.94. The minimum Gasteiger partial charge on any atom is -0.493 e. The zero-order chi connectivity index (χ0) is 12.5. The molecule has 18 heavy (non-hydrogen) atoms. The van der Waals surface area contributed by atoms with Crippen molar-refractivity contribution in [2.75, 3.05) is 6.61 Å². The van der Waals surface area contributed by atoms with E-state index >= 15 is 0 Å². The van der Waals surface area contributed by atoms with Crippen LogP contribution in [0.25, 0.3) is 0 Å². The van der Waals surface area contributed by atoms with Crippen molar-refractivity contribution in [2.45, 2.75) is 12.5 Å². The largest absolute Gasteiger partial charge is 0.493 e. The highest BCUT2D eigenvalue weighted by Crippen LogP contribution is 2.34. The van der Waals surface area contributed by atoms with Crippen molar-refractivity contribution < 1.29 is 4.74 Å². The van der Waals surface area contributed by atoms with Crippen LogP contribution in [0.3, 0.4) is 0 Å². The van der Waals surface area contributed by atoms with Crippen LogP contribution in [0.4, 0.5) is 0 Å². The molecule has 1 aliphatic heterocycles. The smallest absolute Gasteiger partial charge is 0.127 e. The first-order valence-corrected chi connectivity index (χ1v) is 6.25. The lowest BCUT2D eigenvalue weighted by Gasteiger charge is -2.15. The van der Waals surface area contributed by atoms with Crippen molar-refractivity contribution in [1.82, 2.24) is 4.98 Å². The molecule has 1 atom stereocenters. The lowest BCUT2D eigenvalue weighted by atomic mass is 10.00. The van der Waals surface area contributed by atoms with Crippen LogP contribution < -0.4 is 10.5 Å². The quantitative estimate of drug-likeness (QED) is 0.903. The maximum atomic E-state index is 6.25.